The van der Waals surface area contributed by atoms with Crippen molar-refractivity contribution >= 4 is 5.91 Å². The maximum atomic E-state index is 12.1. The maximum Gasteiger partial charge on any atom is 0.251 e. The second kappa shape index (κ2) is 9.13. The smallest absolute Gasteiger partial charge is 0.251 e. The van der Waals surface area contributed by atoms with E-state index in [-0.39, 0.29) is 5.91 Å². The first-order valence-corrected chi connectivity index (χ1v) is 6.75. The Labute approximate surface area is 120 Å². The van der Waals surface area contributed by atoms with E-state index in [9.17, 15) is 4.79 Å². The molecule has 1 aromatic carbocycles. The average molecular weight is 274 g/mol. The van der Waals surface area contributed by atoms with Gasteiger partial charge in [0.2, 0.25) is 0 Å². The number of hydrogen-bond donors (Lipinski definition) is 2. The average Bonchev–Trinajstić information content (AvgIpc) is 2.46. The van der Waals surface area contributed by atoms with Gasteiger partial charge in [0.05, 0.1) is 6.54 Å². The molecule has 0 spiro atoms. The lowest BCUT2D eigenvalue weighted by molar-refractivity contribution is 0.0950. The van der Waals surface area contributed by atoms with Crippen LogP contribution < -0.4 is 11.1 Å². The molecule has 0 saturated heterocycles. The van der Waals surface area contributed by atoms with Gasteiger partial charge < -0.3 is 15.8 Å². The molecule has 108 valence electrons. The van der Waals surface area contributed by atoms with E-state index in [1.165, 1.54) is 0 Å². The molecule has 4 heteroatoms. The zero-order chi connectivity index (χ0) is 14.8. The summed E-state index contributed by atoms with van der Waals surface area (Å²) in [5, 5.41) is 2.91. The van der Waals surface area contributed by atoms with Crippen LogP contribution in [-0.4, -0.2) is 32.7 Å². The molecule has 0 radical (unpaired) electrons. The van der Waals surface area contributed by atoms with Gasteiger partial charge in [0.1, 0.15) is 0 Å². The SMILES string of the molecule is COCCCCNC(=O)c1cc(C#CCN)ccc1C. The van der Waals surface area contributed by atoms with Crippen molar-refractivity contribution in [1.29, 1.82) is 0 Å². The van der Waals surface area contributed by atoms with Crippen LogP contribution in [0.2, 0.25) is 0 Å². The fourth-order valence-corrected chi connectivity index (χ4v) is 1.77. The first kappa shape index (κ1) is 16.2. The summed E-state index contributed by atoms with van der Waals surface area (Å²) in [5.74, 6) is 5.67. The zero-order valence-corrected chi connectivity index (χ0v) is 12.2. The van der Waals surface area contributed by atoms with Crippen molar-refractivity contribution in [2.45, 2.75) is 19.8 Å². The fraction of sp³-hybridized carbons (Fsp3) is 0.438. The quantitative estimate of drug-likeness (QED) is 0.610. The maximum absolute atomic E-state index is 12.1. The minimum atomic E-state index is -0.0590. The van der Waals surface area contributed by atoms with E-state index in [1.54, 1.807) is 7.11 Å². The molecule has 0 bridgehead atoms. The summed E-state index contributed by atoms with van der Waals surface area (Å²) in [4.78, 5) is 12.1. The Morgan fingerprint density at radius 1 is 1.40 bits per heavy atom. The second-order valence-corrected chi connectivity index (χ2v) is 4.49. The minimum Gasteiger partial charge on any atom is -0.385 e. The lowest BCUT2D eigenvalue weighted by atomic mass is 10.0. The van der Waals surface area contributed by atoms with E-state index >= 15 is 0 Å². The van der Waals surface area contributed by atoms with E-state index in [4.69, 9.17) is 10.5 Å². The minimum absolute atomic E-state index is 0.0590. The number of carbonyl (C=O) groups excluding carboxylic acids is 1. The van der Waals surface area contributed by atoms with Crippen molar-refractivity contribution in [2.24, 2.45) is 5.73 Å². The molecule has 0 fully saturated rings. The van der Waals surface area contributed by atoms with Gasteiger partial charge in [-0.15, -0.1) is 0 Å². The molecule has 0 saturated carbocycles. The summed E-state index contributed by atoms with van der Waals surface area (Å²) in [5.41, 5.74) is 7.77. The summed E-state index contributed by atoms with van der Waals surface area (Å²) in [6.07, 6.45) is 1.85. The normalized spacial score (nSPS) is 9.75. The third kappa shape index (κ3) is 5.43. The summed E-state index contributed by atoms with van der Waals surface area (Å²) in [6.45, 7) is 3.61. The standard InChI is InChI=1S/C16H22N2O2/c1-13-7-8-14(6-5-9-17)12-15(13)16(19)18-10-3-4-11-20-2/h7-8,12H,3-4,9-11,17H2,1-2H3,(H,18,19). The Hall–Kier alpha value is -1.83. The van der Waals surface area contributed by atoms with Gasteiger partial charge in [-0.3, -0.25) is 4.79 Å². The van der Waals surface area contributed by atoms with Gasteiger partial charge in [-0.25, -0.2) is 0 Å². The Kier molecular flexibility index (Phi) is 7.41. The molecule has 0 aliphatic carbocycles. The number of methoxy groups -OCH3 is 1. The predicted octanol–water partition coefficient (Wildman–Crippen LogP) is 1.46. The van der Waals surface area contributed by atoms with Gasteiger partial charge in [-0.05, 0) is 37.5 Å². The van der Waals surface area contributed by atoms with E-state index in [0.29, 0.717) is 18.7 Å². The van der Waals surface area contributed by atoms with E-state index in [1.807, 2.05) is 25.1 Å². The van der Waals surface area contributed by atoms with Crippen molar-refractivity contribution in [1.82, 2.24) is 5.32 Å². The first-order valence-electron chi connectivity index (χ1n) is 6.75. The molecule has 4 nitrogen and oxygen atoms in total. The molecule has 0 aliphatic rings. The van der Waals surface area contributed by atoms with Gasteiger partial charge in [-0.2, -0.15) is 0 Å². The van der Waals surface area contributed by atoms with Crippen molar-refractivity contribution in [3.8, 4) is 11.8 Å². The first-order chi connectivity index (χ1) is 9.69. The van der Waals surface area contributed by atoms with Crippen LogP contribution in [0.4, 0.5) is 0 Å². The molecule has 3 N–H and O–H groups in total. The van der Waals surface area contributed by atoms with Crippen molar-refractivity contribution in [3.63, 3.8) is 0 Å². The van der Waals surface area contributed by atoms with Crippen LogP contribution in [-0.2, 0) is 4.74 Å². The lowest BCUT2D eigenvalue weighted by Gasteiger charge is -2.08. The number of nitrogens with one attached hydrogen (secondary N) is 1. The molecule has 1 rings (SSSR count). The van der Waals surface area contributed by atoms with Crippen LogP contribution in [0.25, 0.3) is 0 Å². The van der Waals surface area contributed by atoms with E-state index in [2.05, 4.69) is 17.2 Å². The molecule has 0 aromatic heterocycles. The van der Waals surface area contributed by atoms with E-state index in [0.717, 1.165) is 30.6 Å². The largest absolute Gasteiger partial charge is 0.385 e. The Morgan fingerprint density at radius 3 is 2.90 bits per heavy atom. The molecule has 0 atom stereocenters. The number of nitrogens with two attached hydrogens (primary N) is 1. The molecule has 0 unspecified atom stereocenters. The number of amides is 1. The van der Waals surface area contributed by atoms with E-state index < -0.39 is 0 Å². The topological polar surface area (TPSA) is 64.3 Å². The van der Waals surface area contributed by atoms with Crippen LogP contribution in [0.5, 0.6) is 0 Å². The summed E-state index contributed by atoms with van der Waals surface area (Å²) in [7, 11) is 1.68. The lowest BCUT2D eigenvalue weighted by Crippen LogP contribution is -2.25. The number of hydrogen-bond acceptors (Lipinski definition) is 3. The Balaban J connectivity index is 2.62. The van der Waals surface area contributed by atoms with Crippen LogP contribution in [0.1, 0.15) is 34.3 Å². The third-order valence-corrected chi connectivity index (χ3v) is 2.88. The van der Waals surface area contributed by atoms with Gasteiger partial charge in [0.15, 0.2) is 0 Å². The number of rotatable bonds is 6. The monoisotopic (exact) mass is 274 g/mol. The molecular weight excluding hydrogens is 252 g/mol. The van der Waals surface area contributed by atoms with Crippen molar-refractivity contribution in [3.05, 3.63) is 34.9 Å². The summed E-state index contributed by atoms with van der Waals surface area (Å²) >= 11 is 0. The van der Waals surface area contributed by atoms with Crippen LogP contribution in [0.3, 0.4) is 0 Å². The van der Waals surface area contributed by atoms with Crippen molar-refractivity contribution < 1.29 is 9.53 Å². The molecular formula is C16H22N2O2. The highest BCUT2D eigenvalue weighted by Gasteiger charge is 2.08. The predicted molar refractivity (Wildman–Crippen MR) is 80.6 cm³/mol. The number of unbranched alkanes of at least 4 members (excludes halogenated alkanes) is 1. The summed E-state index contributed by atoms with van der Waals surface area (Å²) < 4.78 is 4.97. The van der Waals surface area contributed by atoms with Crippen LogP contribution >= 0.6 is 0 Å². The van der Waals surface area contributed by atoms with Gasteiger partial charge >= 0.3 is 0 Å². The summed E-state index contributed by atoms with van der Waals surface area (Å²) in [6, 6.07) is 5.61. The molecule has 0 heterocycles. The molecule has 1 aromatic rings. The number of benzene rings is 1. The zero-order valence-electron chi connectivity index (χ0n) is 12.2. The number of aryl methyl sites for hydroxylation is 1. The van der Waals surface area contributed by atoms with Crippen LogP contribution in [0, 0.1) is 18.8 Å². The highest BCUT2D eigenvalue weighted by molar-refractivity contribution is 5.96. The highest BCUT2D eigenvalue weighted by atomic mass is 16.5. The van der Waals surface area contributed by atoms with Gasteiger partial charge in [0.25, 0.3) is 5.91 Å². The molecule has 0 aliphatic heterocycles. The number of ether oxygens (including phenoxy) is 1. The fourth-order valence-electron chi connectivity index (χ4n) is 1.77. The van der Waals surface area contributed by atoms with Crippen molar-refractivity contribution in [2.75, 3.05) is 26.8 Å². The third-order valence-electron chi connectivity index (χ3n) is 2.88. The second-order valence-electron chi connectivity index (χ2n) is 4.49. The number of carbonyl (C=O) groups is 1. The molecule has 1 amide bonds. The van der Waals surface area contributed by atoms with Crippen LogP contribution in [0.15, 0.2) is 18.2 Å². The van der Waals surface area contributed by atoms with Gasteiger partial charge in [0, 0.05) is 31.4 Å². The highest BCUT2D eigenvalue weighted by Crippen LogP contribution is 2.10. The Morgan fingerprint density at radius 2 is 2.20 bits per heavy atom. The van der Waals surface area contributed by atoms with Gasteiger partial charge in [-0.1, -0.05) is 17.9 Å². The molecule has 20 heavy (non-hydrogen) atoms. The Bertz CT molecular complexity index is 501.